The minimum Gasteiger partial charge on any atom is -0.443 e. The van der Waals surface area contributed by atoms with Crippen molar-refractivity contribution < 1.29 is 9.53 Å². The second-order valence-corrected chi connectivity index (χ2v) is 6.10. The molecule has 20 heavy (non-hydrogen) atoms. The molecular formula is C16H22N2O2. The third-order valence-electron chi connectivity index (χ3n) is 4.39. The van der Waals surface area contributed by atoms with Gasteiger partial charge in [-0.25, -0.2) is 4.79 Å². The lowest BCUT2D eigenvalue weighted by Crippen LogP contribution is -2.41. The van der Waals surface area contributed by atoms with Gasteiger partial charge in [0.05, 0.1) is 0 Å². The first kappa shape index (κ1) is 14.6. The molecule has 1 aromatic rings. The molecule has 4 nitrogen and oxygen atoms in total. The number of hydrogen-bond acceptors (Lipinski definition) is 3. The van der Waals surface area contributed by atoms with Crippen LogP contribution in [0.25, 0.3) is 6.08 Å². The number of nitrogens with zero attached hydrogens (tertiary/aromatic N) is 1. The molecule has 0 bridgehead atoms. The van der Waals surface area contributed by atoms with E-state index in [1.807, 2.05) is 32.2 Å². The molecule has 1 amide bonds. The molecule has 1 fully saturated rings. The van der Waals surface area contributed by atoms with Crippen molar-refractivity contribution in [1.29, 1.82) is 0 Å². The van der Waals surface area contributed by atoms with Crippen LogP contribution < -0.4 is 5.73 Å². The third-order valence-corrected chi connectivity index (χ3v) is 4.39. The number of ether oxygens (including phenoxy) is 1. The Morgan fingerprint density at radius 3 is 2.75 bits per heavy atom. The van der Waals surface area contributed by atoms with Gasteiger partial charge in [0.25, 0.3) is 0 Å². The van der Waals surface area contributed by atoms with Crippen LogP contribution in [0.15, 0.2) is 30.6 Å². The minimum absolute atomic E-state index is 0.0921. The first-order chi connectivity index (χ1) is 9.36. The van der Waals surface area contributed by atoms with Gasteiger partial charge < -0.3 is 10.5 Å². The summed E-state index contributed by atoms with van der Waals surface area (Å²) < 4.78 is 5.27. The molecule has 0 saturated heterocycles. The second-order valence-electron chi connectivity index (χ2n) is 6.10. The molecular weight excluding hydrogens is 252 g/mol. The van der Waals surface area contributed by atoms with E-state index in [4.69, 9.17) is 10.5 Å². The summed E-state index contributed by atoms with van der Waals surface area (Å²) >= 11 is 0. The zero-order chi connectivity index (χ0) is 14.8. The summed E-state index contributed by atoms with van der Waals surface area (Å²) in [5, 5.41) is 0. The van der Waals surface area contributed by atoms with Crippen molar-refractivity contribution in [3.63, 3.8) is 0 Å². The summed E-state index contributed by atoms with van der Waals surface area (Å²) in [6.07, 6.45) is 9.41. The maximum Gasteiger partial charge on any atom is 0.405 e. The van der Waals surface area contributed by atoms with E-state index < -0.39 is 11.7 Å². The van der Waals surface area contributed by atoms with E-state index in [-0.39, 0.29) is 11.3 Å². The van der Waals surface area contributed by atoms with Crippen LogP contribution in [0.5, 0.6) is 0 Å². The van der Waals surface area contributed by atoms with Crippen molar-refractivity contribution in [2.75, 3.05) is 0 Å². The summed E-state index contributed by atoms with van der Waals surface area (Å²) in [5.41, 5.74) is 5.76. The standard InChI is InChI=1S/C16H22N2O2/c1-12(15(2,3)20-14(17)19)16(8-9-16)7-6-13-5-4-10-18-11-13/h4-7,10-12H,8-9H2,1-3H3,(H2,17,19)/b7-6-. The van der Waals surface area contributed by atoms with E-state index in [0.717, 1.165) is 18.4 Å². The van der Waals surface area contributed by atoms with Gasteiger partial charge in [0, 0.05) is 18.3 Å². The zero-order valence-corrected chi connectivity index (χ0v) is 12.3. The lowest BCUT2D eigenvalue weighted by molar-refractivity contribution is -0.0134. The monoisotopic (exact) mass is 274 g/mol. The number of rotatable bonds is 5. The van der Waals surface area contributed by atoms with Gasteiger partial charge in [-0.2, -0.15) is 0 Å². The number of hydrogen-bond donors (Lipinski definition) is 1. The Bertz CT molecular complexity index is 504. The highest BCUT2D eigenvalue weighted by atomic mass is 16.6. The van der Waals surface area contributed by atoms with Crippen LogP contribution in [0.2, 0.25) is 0 Å². The normalized spacial score (nSPS) is 18.8. The number of pyridine rings is 1. The fourth-order valence-electron chi connectivity index (χ4n) is 2.67. The van der Waals surface area contributed by atoms with E-state index in [2.05, 4.69) is 24.1 Å². The van der Waals surface area contributed by atoms with Crippen LogP contribution in [0, 0.1) is 11.3 Å². The molecule has 1 unspecified atom stereocenters. The van der Waals surface area contributed by atoms with Gasteiger partial charge in [-0.15, -0.1) is 0 Å². The van der Waals surface area contributed by atoms with Crippen molar-refractivity contribution in [2.45, 2.75) is 39.2 Å². The summed E-state index contributed by atoms with van der Waals surface area (Å²) in [6.45, 7) is 5.95. The van der Waals surface area contributed by atoms with Gasteiger partial charge in [0.2, 0.25) is 0 Å². The highest BCUT2D eigenvalue weighted by molar-refractivity contribution is 5.65. The van der Waals surface area contributed by atoms with Crippen LogP contribution in [0.4, 0.5) is 4.79 Å². The molecule has 0 aromatic carbocycles. The summed E-state index contributed by atoms with van der Waals surface area (Å²) in [5.74, 6) is 0.204. The van der Waals surface area contributed by atoms with E-state index in [1.165, 1.54) is 0 Å². The predicted octanol–water partition coefficient (Wildman–Crippen LogP) is 3.39. The van der Waals surface area contributed by atoms with Gasteiger partial charge in [-0.1, -0.05) is 25.1 Å². The molecule has 0 aliphatic heterocycles. The average Bonchev–Trinajstić information content (AvgIpc) is 3.16. The van der Waals surface area contributed by atoms with Crippen LogP contribution in [-0.4, -0.2) is 16.7 Å². The lowest BCUT2D eigenvalue weighted by atomic mass is 9.78. The first-order valence-corrected chi connectivity index (χ1v) is 6.93. The molecule has 1 aliphatic rings. The van der Waals surface area contributed by atoms with Gasteiger partial charge in [-0.05, 0) is 43.7 Å². The Balaban J connectivity index is 2.11. The topological polar surface area (TPSA) is 65.2 Å². The number of amides is 1. The lowest BCUT2D eigenvalue weighted by Gasteiger charge is -2.35. The fourth-order valence-corrected chi connectivity index (χ4v) is 2.67. The molecule has 2 N–H and O–H groups in total. The maximum absolute atomic E-state index is 11.0. The highest BCUT2D eigenvalue weighted by Crippen LogP contribution is 2.57. The van der Waals surface area contributed by atoms with Crippen molar-refractivity contribution in [2.24, 2.45) is 17.1 Å². The van der Waals surface area contributed by atoms with Crippen LogP contribution >= 0.6 is 0 Å². The zero-order valence-electron chi connectivity index (χ0n) is 12.3. The molecule has 4 heteroatoms. The van der Waals surface area contributed by atoms with Crippen LogP contribution in [0.3, 0.4) is 0 Å². The minimum atomic E-state index is -0.714. The predicted molar refractivity (Wildman–Crippen MR) is 78.8 cm³/mol. The smallest absolute Gasteiger partial charge is 0.405 e. The maximum atomic E-state index is 11.0. The van der Waals surface area contributed by atoms with Crippen molar-refractivity contribution in [3.8, 4) is 0 Å². The molecule has 1 heterocycles. The van der Waals surface area contributed by atoms with Gasteiger partial charge in [0.1, 0.15) is 5.60 Å². The molecule has 2 rings (SSSR count). The van der Waals surface area contributed by atoms with Gasteiger partial charge >= 0.3 is 6.09 Å². The number of carbonyl (C=O) groups excluding carboxylic acids is 1. The van der Waals surface area contributed by atoms with Gasteiger partial charge in [0.15, 0.2) is 0 Å². The Hall–Kier alpha value is -1.84. The van der Waals surface area contributed by atoms with E-state index in [0.29, 0.717) is 0 Å². The van der Waals surface area contributed by atoms with E-state index >= 15 is 0 Å². The quantitative estimate of drug-likeness (QED) is 0.895. The SMILES string of the molecule is CC(C1(/C=C\c2cccnc2)CC1)C(C)(C)OC(N)=O. The molecule has 0 radical (unpaired) electrons. The Morgan fingerprint density at radius 2 is 2.25 bits per heavy atom. The largest absolute Gasteiger partial charge is 0.443 e. The summed E-state index contributed by atoms with van der Waals surface area (Å²) in [4.78, 5) is 15.1. The molecule has 0 spiro atoms. The first-order valence-electron chi connectivity index (χ1n) is 6.93. The Labute approximate surface area is 120 Å². The van der Waals surface area contributed by atoms with Crippen LogP contribution in [0.1, 0.15) is 39.2 Å². The fraction of sp³-hybridized carbons (Fsp3) is 0.500. The highest BCUT2D eigenvalue weighted by Gasteiger charge is 2.51. The van der Waals surface area contributed by atoms with Crippen molar-refractivity contribution in [3.05, 3.63) is 36.2 Å². The Kier molecular flexibility index (Phi) is 3.84. The number of allylic oxidation sites excluding steroid dienone is 1. The van der Waals surface area contributed by atoms with E-state index in [1.54, 1.807) is 6.20 Å². The summed E-state index contributed by atoms with van der Waals surface area (Å²) in [7, 11) is 0. The van der Waals surface area contributed by atoms with E-state index in [9.17, 15) is 4.79 Å². The number of primary amides is 1. The molecule has 1 saturated carbocycles. The third kappa shape index (κ3) is 3.18. The summed E-state index contributed by atoms with van der Waals surface area (Å²) in [6, 6.07) is 3.94. The molecule has 1 atom stereocenters. The van der Waals surface area contributed by atoms with Crippen LogP contribution in [-0.2, 0) is 4.74 Å². The molecule has 108 valence electrons. The average molecular weight is 274 g/mol. The van der Waals surface area contributed by atoms with Crippen molar-refractivity contribution >= 4 is 12.2 Å². The molecule has 1 aliphatic carbocycles. The number of aromatic nitrogens is 1. The number of carbonyl (C=O) groups is 1. The Morgan fingerprint density at radius 1 is 1.55 bits per heavy atom. The van der Waals surface area contributed by atoms with Gasteiger partial charge in [-0.3, -0.25) is 4.98 Å². The van der Waals surface area contributed by atoms with Crippen molar-refractivity contribution in [1.82, 2.24) is 4.98 Å². The number of nitrogens with two attached hydrogens (primary N) is 1. The molecule has 1 aromatic heterocycles. The second kappa shape index (κ2) is 5.27.